The molecule has 2 rings (SSSR count). The first-order valence-electron chi connectivity index (χ1n) is 3.79. The molecule has 0 amide bonds. The minimum Gasteiger partial charge on any atom is -0.281 e. The molecule has 0 aliphatic rings. The first-order valence-corrected chi connectivity index (χ1v) is 5.37. The van der Waals surface area contributed by atoms with Crippen LogP contribution in [-0.4, -0.2) is 14.7 Å². The van der Waals surface area contributed by atoms with Crippen LogP contribution in [0.4, 0.5) is 0 Å². The maximum Gasteiger partial charge on any atom is 0.228 e. The van der Waals surface area contributed by atoms with Gasteiger partial charge in [-0.15, -0.1) is 0 Å². The van der Waals surface area contributed by atoms with Crippen molar-refractivity contribution >= 4 is 47.6 Å². The van der Waals surface area contributed by atoms with Gasteiger partial charge in [0.2, 0.25) is 4.69 Å². The highest BCUT2D eigenvalue weighted by atomic mass is 79.9. The quantitative estimate of drug-likeness (QED) is 0.760. The van der Waals surface area contributed by atoms with Crippen LogP contribution in [0.5, 0.6) is 0 Å². The molecule has 0 radical (unpaired) electrons. The molecule has 0 saturated heterocycles. The topological polar surface area (TPSA) is 42.9 Å². The van der Waals surface area contributed by atoms with E-state index in [1.807, 2.05) is 0 Å². The molecule has 1 heterocycles. The predicted octanol–water partition coefficient (Wildman–Crippen LogP) is 2.93. The van der Waals surface area contributed by atoms with E-state index in [4.69, 9.17) is 0 Å². The Morgan fingerprint density at radius 3 is 2.79 bits per heavy atom. The smallest absolute Gasteiger partial charge is 0.228 e. The van der Waals surface area contributed by atoms with Crippen molar-refractivity contribution < 1.29 is 4.79 Å². The molecule has 70 valence electrons. The Morgan fingerprint density at radius 2 is 2.07 bits per heavy atom. The van der Waals surface area contributed by atoms with Gasteiger partial charge in [-0.05, 0) is 50.1 Å². The average Bonchev–Trinajstić information content (AvgIpc) is 2.16. The molecule has 1 aromatic carbocycles. The van der Waals surface area contributed by atoms with Gasteiger partial charge in [-0.2, -0.15) is 0 Å². The van der Waals surface area contributed by atoms with Crippen LogP contribution in [0.3, 0.4) is 0 Å². The lowest BCUT2D eigenvalue weighted by Crippen LogP contribution is -1.90. The molecule has 0 N–H and O–H groups in total. The van der Waals surface area contributed by atoms with E-state index < -0.39 is 0 Å². The van der Waals surface area contributed by atoms with Crippen molar-refractivity contribution in [2.24, 2.45) is 0 Å². The fourth-order valence-electron chi connectivity index (χ4n) is 1.11. The molecule has 0 atom stereocenters. The Bertz CT molecular complexity index is 513. The summed E-state index contributed by atoms with van der Waals surface area (Å²) in [5.41, 5.74) is 2.04. The van der Waals surface area contributed by atoms with Crippen LogP contribution in [0.2, 0.25) is 0 Å². The molecular formula is C9H4Br2N2O. The van der Waals surface area contributed by atoms with Crippen molar-refractivity contribution in [3.8, 4) is 0 Å². The Hall–Kier alpha value is -0.810. The number of halogens is 2. The molecule has 14 heavy (non-hydrogen) atoms. The molecule has 0 aliphatic carbocycles. The molecule has 0 spiro atoms. The molecule has 2 aromatic rings. The molecule has 0 aliphatic heterocycles. The molecule has 1 aromatic heterocycles. The molecule has 0 unspecified atom stereocenters. The van der Waals surface area contributed by atoms with Gasteiger partial charge in [-0.1, -0.05) is 0 Å². The maximum atomic E-state index is 11.0. The third-order valence-corrected chi connectivity index (χ3v) is 2.58. The largest absolute Gasteiger partial charge is 0.281 e. The third kappa shape index (κ3) is 1.83. The molecule has 3 nitrogen and oxygen atoms in total. The Balaban J connectivity index is 2.69. The summed E-state index contributed by atoms with van der Waals surface area (Å²) in [7, 11) is 0. The van der Waals surface area contributed by atoms with Crippen molar-refractivity contribution in [3.63, 3.8) is 0 Å². The van der Waals surface area contributed by atoms with E-state index in [0.717, 1.165) is 5.52 Å². The second-order valence-corrected chi connectivity index (χ2v) is 4.20. The van der Waals surface area contributed by atoms with Gasteiger partial charge in [-0.25, -0.2) is 4.98 Å². The summed E-state index contributed by atoms with van der Waals surface area (Å²) in [5.74, 6) is 0. The van der Waals surface area contributed by atoms with Crippen LogP contribution in [0.1, 0.15) is 10.4 Å². The summed E-state index contributed by atoms with van der Waals surface area (Å²) in [6.45, 7) is 0. The molecule has 5 heteroatoms. The van der Waals surface area contributed by atoms with Crippen molar-refractivity contribution in [2.75, 3.05) is 0 Å². The van der Waals surface area contributed by atoms with Gasteiger partial charge in [0.1, 0.15) is 4.60 Å². The van der Waals surface area contributed by atoms with Gasteiger partial charge in [0.25, 0.3) is 0 Å². The molecule has 0 bridgehead atoms. The van der Waals surface area contributed by atoms with E-state index in [9.17, 15) is 4.79 Å². The summed E-state index contributed by atoms with van der Waals surface area (Å²) in [6, 6.07) is 5.18. The lowest BCUT2D eigenvalue weighted by Gasteiger charge is -1.98. The van der Waals surface area contributed by atoms with Crippen molar-refractivity contribution in [1.29, 1.82) is 0 Å². The zero-order chi connectivity index (χ0) is 10.1. The lowest BCUT2D eigenvalue weighted by atomic mass is 10.2. The van der Waals surface area contributed by atoms with Crippen LogP contribution in [0.25, 0.3) is 11.0 Å². The van der Waals surface area contributed by atoms with Gasteiger partial charge in [-0.3, -0.25) is 9.78 Å². The lowest BCUT2D eigenvalue weighted by molar-refractivity contribution is 0.109. The van der Waals surface area contributed by atoms with Crippen LogP contribution in [-0.2, 0) is 0 Å². The van der Waals surface area contributed by atoms with Gasteiger partial charge in [0.05, 0.1) is 17.2 Å². The maximum absolute atomic E-state index is 11.0. The monoisotopic (exact) mass is 314 g/mol. The van der Waals surface area contributed by atoms with Crippen molar-refractivity contribution in [2.45, 2.75) is 0 Å². The molecular weight excluding hydrogens is 312 g/mol. The van der Waals surface area contributed by atoms with E-state index in [1.54, 1.807) is 24.4 Å². The number of hydrogen-bond donors (Lipinski definition) is 0. The van der Waals surface area contributed by atoms with Crippen LogP contribution >= 0.6 is 31.9 Å². The second kappa shape index (κ2) is 3.74. The van der Waals surface area contributed by atoms with Crippen LogP contribution in [0, 0.1) is 0 Å². The number of carbonyl (C=O) groups is 1. The number of hydrogen-bond acceptors (Lipinski definition) is 3. The normalized spacial score (nSPS) is 10.4. The zero-order valence-corrected chi connectivity index (χ0v) is 10.0. The van der Waals surface area contributed by atoms with Crippen molar-refractivity contribution in [3.05, 3.63) is 34.6 Å². The van der Waals surface area contributed by atoms with Gasteiger partial charge < -0.3 is 0 Å². The van der Waals surface area contributed by atoms with E-state index in [1.165, 1.54) is 0 Å². The molecule has 0 saturated carbocycles. The number of benzene rings is 1. The summed E-state index contributed by atoms with van der Waals surface area (Å²) in [5, 5.41) is 0. The minimum absolute atomic E-state index is 0.152. The van der Waals surface area contributed by atoms with Gasteiger partial charge in [0, 0.05) is 5.56 Å². The number of nitrogens with zero attached hydrogens (tertiary/aromatic N) is 2. The van der Waals surface area contributed by atoms with E-state index in [-0.39, 0.29) is 4.69 Å². The number of aromatic nitrogens is 2. The summed E-state index contributed by atoms with van der Waals surface area (Å²) in [6.07, 6.45) is 1.62. The van der Waals surface area contributed by atoms with Gasteiger partial charge >= 0.3 is 0 Å². The van der Waals surface area contributed by atoms with E-state index in [2.05, 4.69) is 41.8 Å². The summed E-state index contributed by atoms with van der Waals surface area (Å²) < 4.78 is 0.505. The Morgan fingerprint density at radius 1 is 1.29 bits per heavy atom. The highest BCUT2D eigenvalue weighted by molar-refractivity contribution is 9.18. The number of carbonyl (C=O) groups excluding carboxylic acids is 1. The Labute approximate surface area is 96.8 Å². The van der Waals surface area contributed by atoms with Gasteiger partial charge in [0.15, 0.2) is 0 Å². The second-order valence-electron chi connectivity index (χ2n) is 2.67. The van der Waals surface area contributed by atoms with Crippen LogP contribution in [0.15, 0.2) is 29.0 Å². The summed E-state index contributed by atoms with van der Waals surface area (Å²) in [4.78, 5) is 19.4. The fourth-order valence-corrected chi connectivity index (χ4v) is 1.65. The predicted molar refractivity (Wildman–Crippen MR) is 60.5 cm³/mol. The highest BCUT2D eigenvalue weighted by Crippen LogP contribution is 2.16. The van der Waals surface area contributed by atoms with Crippen molar-refractivity contribution in [1.82, 2.24) is 9.97 Å². The van der Waals surface area contributed by atoms with E-state index >= 15 is 0 Å². The third-order valence-electron chi connectivity index (χ3n) is 1.74. The Kier molecular flexibility index (Phi) is 2.60. The zero-order valence-electron chi connectivity index (χ0n) is 6.87. The fraction of sp³-hybridized carbons (Fsp3) is 0. The SMILES string of the molecule is O=C(Br)c1ccc2ncc(Br)nc2c1. The molecule has 0 fully saturated rings. The number of fused-ring (bicyclic) bond motifs is 1. The first-order chi connectivity index (χ1) is 6.66. The average molecular weight is 316 g/mol. The van der Waals surface area contributed by atoms with Crippen LogP contribution < -0.4 is 0 Å². The number of rotatable bonds is 1. The minimum atomic E-state index is -0.152. The van der Waals surface area contributed by atoms with E-state index in [0.29, 0.717) is 15.7 Å². The standard InChI is InChI=1S/C9H4Br2N2O/c10-8-4-12-6-2-1-5(9(11)14)3-7(6)13-8/h1-4H. The summed E-state index contributed by atoms with van der Waals surface area (Å²) >= 11 is 6.11. The highest BCUT2D eigenvalue weighted by Gasteiger charge is 2.03. The first kappa shape index (κ1) is 9.73.